The first-order valence-corrected chi connectivity index (χ1v) is 7.25. The van der Waals surface area contributed by atoms with E-state index in [1.54, 1.807) is 0 Å². The van der Waals surface area contributed by atoms with Crippen LogP contribution in [0.1, 0.15) is 31.1 Å². The van der Waals surface area contributed by atoms with Crippen LogP contribution in [-0.2, 0) is 6.54 Å². The van der Waals surface area contributed by atoms with Crippen LogP contribution in [0.2, 0.25) is 0 Å². The number of hydrogen-bond donors (Lipinski definition) is 1. The molecule has 1 fully saturated rings. The van der Waals surface area contributed by atoms with Crippen molar-refractivity contribution in [2.24, 2.45) is 0 Å². The van der Waals surface area contributed by atoms with Crippen molar-refractivity contribution in [3.63, 3.8) is 0 Å². The van der Waals surface area contributed by atoms with Crippen LogP contribution in [0.15, 0.2) is 17.5 Å². The lowest BCUT2D eigenvalue weighted by molar-refractivity contribution is 0.155. The molecule has 3 heteroatoms. The maximum absolute atomic E-state index is 3.45. The molecule has 1 aliphatic heterocycles. The van der Waals surface area contributed by atoms with Gasteiger partial charge in [-0.15, -0.1) is 11.3 Å². The molecule has 0 amide bonds. The van der Waals surface area contributed by atoms with Crippen LogP contribution in [0.5, 0.6) is 0 Å². The first kappa shape index (κ1) is 12.1. The van der Waals surface area contributed by atoms with Gasteiger partial charge in [0.25, 0.3) is 0 Å². The minimum Gasteiger partial charge on any atom is -0.317 e. The zero-order valence-electron chi connectivity index (χ0n) is 10.1. The van der Waals surface area contributed by atoms with Gasteiger partial charge in [0.2, 0.25) is 0 Å². The first-order chi connectivity index (χ1) is 7.90. The van der Waals surface area contributed by atoms with Crippen molar-refractivity contribution in [2.45, 2.75) is 38.8 Å². The zero-order chi connectivity index (χ0) is 11.2. The molecule has 1 aromatic rings. The standard InChI is InChI=1S/C13H22N2S/c1-2-9-15(11-13-4-3-10-16-13)12-5-7-14-8-6-12/h3-4,10,12,14H,2,5-9,11H2,1H3. The highest BCUT2D eigenvalue weighted by atomic mass is 32.1. The molecule has 0 saturated carbocycles. The van der Waals surface area contributed by atoms with E-state index in [1.807, 2.05) is 11.3 Å². The molecule has 90 valence electrons. The molecule has 2 heterocycles. The van der Waals surface area contributed by atoms with Gasteiger partial charge in [-0.05, 0) is 50.3 Å². The average molecular weight is 238 g/mol. The molecular formula is C13H22N2S. The van der Waals surface area contributed by atoms with Gasteiger partial charge in [0, 0.05) is 17.5 Å². The Balaban J connectivity index is 1.92. The quantitative estimate of drug-likeness (QED) is 0.848. The molecule has 0 aliphatic carbocycles. The Morgan fingerprint density at radius 1 is 1.44 bits per heavy atom. The van der Waals surface area contributed by atoms with Crippen molar-refractivity contribution >= 4 is 11.3 Å². The smallest absolute Gasteiger partial charge is 0.0330 e. The molecule has 1 aromatic heterocycles. The predicted molar refractivity (Wildman–Crippen MR) is 70.9 cm³/mol. The van der Waals surface area contributed by atoms with Crippen LogP contribution in [-0.4, -0.2) is 30.6 Å². The van der Waals surface area contributed by atoms with Crippen molar-refractivity contribution in [3.05, 3.63) is 22.4 Å². The Morgan fingerprint density at radius 2 is 2.25 bits per heavy atom. The Hall–Kier alpha value is -0.380. The lowest BCUT2D eigenvalue weighted by Gasteiger charge is -2.34. The van der Waals surface area contributed by atoms with Gasteiger partial charge in [0.1, 0.15) is 0 Å². The maximum Gasteiger partial charge on any atom is 0.0330 e. The predicted octanol–water partition coefficient (Wildman–Crippen LogP) is 2.71. The summed E-state index contributed by atoms with van der Waals surface area (Å²) >= 11 is 1.88. The molecule has 0 radical (unpaired) electrons. The third-order valence-electron chi connectivity index (χ3n) is 3.27. The van der Waals surface area contributed by atoms with Crippen LogP contribution in [0.3, 0.4) is 0 Å². The summed E-state index contributed by atoms with van der Waals surface area (Å²) in [7, 11) is 0. The zero-order valence-corrected chi connectivity index (χ0v) is 10.9. The average Bonchev–Trinajstić information content (AvgIpc) is 2.83. The Morgan fingerprint density at radius 3 is 2.88 bits per heavy atom. The molecule has 2 rings (SSSR count). The number of nitrogens with zero attached hydrogens (tertiary/aromatic N) is 1. The van der Waals surface area contributed by atoms with Crippen LogP contribution < -0.4 is 5.32 Å². The first-order valence-electron chi connectivity index (χ1n) is 6.37. The van der Waals surface area contributed by atoms with Gasteiger partial charge in [-0.1, -0.05) is 13.0 Å². The van der Waals surface area contributed by atoms with E-state index in [1.165, 1.54) is 43.8 Å². The highest BCUT2D eigenvalue weighted by Gasteiger charge is 2.20. The van der Waals surface area contributed by atoms with E-state index < -0.39 is 0 Å². The van der Waals surface area contributed by atoms with E-state index in [4.69, 9.17) is 0 Å². The van der Waals surface area contributed by atoms with Crippen molar-refractivity contribution < 1.29 is 0 Å². The minimum absolute atomic E-state index is 0.795. The van der Waals surface area contributed by atoms with Crippen molar-refractivity contribution in [3.8, 4) is 0 Å². The molecule has 1 aliphatic rings. The van der Waals surface area contributed by atoms with E-state index >= 15 is 0 Å². The normalized spacial score (nSPS) is 18.1. The summed E-state index contributed by atoms with van der Waals surface area (Å²) in [6, 6.07) is 5.21. The van der Waals surface area contributed by atoms with Gasteiger partial charge in [-0.3, -0.25) is 4.90 Å². The molecule has 16 heavy (non-hydrogen) atoms. The van der Waals surface area contributed by atoms with E-state index in [9.17, 15) is 0 Å². The Bertz CT molecular complexity index is 278. The Labute approximate surface area is 103 Å². The molecule has 1 N–H and O–H groups in total. The maximum atomic E-state index is 3.45. The van der Waals surface area contributed by atoms with Gasteiger partial charge in [0.05, 0.1) is 0 Å². The minimum atomic E-state index is 0.795. The number of thiophene rings is 1. The van der Waals surface area contributed by atoms with Crippen molar-refractivity contribution in [2.75, 3.05) is 19.6 Å². The van der Waals surface area contributed by atoms with Gasteiger partial charge in [-0.25, -0.2) is 0 Å². The largest absolute Gasteiger partial charge is 0.317 e. The number of hydrogen-bond acceptors (Lipinski definition) is 3. The molecule has 0 aromatic carbocycles. The van der Waals surface area contributed by atoms with Crippen LogP contribution in [0, 0.1) is 0 Å². The number of rotatable bonds is 5. The monoisotopic (exact) mass is 238 g/mol. The van der Waals surface area contributed by atoms with Crippen LogP contribution in [0.25, 0.3) is 0 Å². The highest BCUT2D eigenvalue weighted by molar-refractivity contribution is 7.09. The lowest BCUT2D eigenvalue weighted by Crippen LogP contribution is -2.42. The van der Waals surface area contributed by atoms with Gasteiger partial charge in [0.15, 0.2) is 0 Å². The molecular weight excluding hydrogens is 216 g/mol. The topological polar surface area (TPSA) is 15.3 Å². The number of nitrogens with one attached hydrogen (secondary N) is 1. The van der Waals surface area contributed by atoms with Crippen molar-refractivity contribution in [1.29, 1.82) is 0 Å². The summed E-state index contributed by atoms with van der Waals surface area (Å²) in [6.07, 6.45) is 3.88. The second-order valence-corrected chi connectivity index (χ2v) is 5.56. The van der Waals surface area contributed by atoms with E-state index in [0.29, 0.717) is 0 Å². The summed E-state index contributed by atoms with van der Waals surface area (Å²) in [6.45, 7) is 7.05. The molecule has 1 saturated heterocycles. The fourth-order valence-corrected chi connectivity index (χ4v) is 3.18. The summed E-state index contributed by atoms with van der Waals surface area (Å²) < 4.78 is 0. The fraction of sp³-hybridized carbons (Fsp3) is 0.692. The number of piperidine rings is 1. The molecule has 0 unspecified atom stereocenters. The van der Waals surface area contributed by atoms with Crippen LogP contribution >= 0.6 is 11.3 Å². The van der Waals surface area contributed by atoms with Gasteiger partial charge in [-0.2, -0.15) is 0 Å². The van der Waals surface area contributed by atoms with Crippen molar-refractivity contribution in [1.82, 2.24) is 10.2 Å². The SMILES string of the molecule is CCCN(Cc1cccs1)C1CCNCC1. The van der Waals surface area contributed by atoms with E-state index in [2.05, 4.69) is 34.7 Å². The summed E-state index contributed by atoms with van der Waals surface area (Å²) in [5.74, 6) is 0. The second kappa shape index (κ2) is 6.38. The van der Waals surface area contributed by atoms with E-state index in [0.717, 1.165) is 12.6 Å². The summed E-state index contributed by atoms with van der Waals surface area (Å²) in [4.78, 5) is 4.18. The van der Waals surface area contributed by atoms with Crippen LogP contribution in [0.4, 0.5) is 0 Å². The Kier molecular flexibility index (Phi) is 4.82. The third kappa shape index (κ3) is 3.30. The molecule has 0 bridgehead atoms. The highest BCUT2D eigenvalue weighted by Crippen LogP contribution is 2.18. The molecule has 0 atom stereocenters. The fourth-order valence-electron chi connectivity index (χ4n) is 2.45. The summed E-state index contributed by atoms with van der Waals surface area (Å²) in [5, 5.41) is 5.63. The summed E-state index contributed by atoms with van der Waals surface area (Å²) in [5.41, 5.74) is 0. The van der Waals surface area contributed by atoms with Gasteiger partial charge < -0.3 is 5.32 Å². The lowest BCUT2D eigenvalue weighted by atomic mass is 10.0. The third-order valence-corrected chi connectivity index (χ3v) is 4.14. The second-order valence-electron chi connectivity index (χ2n) is 4.53. The molecule has 2 nitrogen and oxygen atoms in total. The molecule has 0 spiro atoms. The van der Waals surface area contributed by atoms with E-state index in [-0.39, 0.29) is 0 Å². The van der Waals surface area contributed by atoms with Gasteiger partial charge >= 0.3 is 0 Å².